The van der Waals surface area contributed by atoms with Gasteiger partial charge in [0, 0.05) is 32.3 Å². The average Bonchev–Trinajstić information content (AvgIpc) is 2.34. The highest BCUT2D eigenvalue weighted by molar-refractivity contribution is 4.93. The molecule has 0 aromatic carbocycles. The maximum absolute atomic E-state index is 6.06. The molecule has 0 radical (unpaired) electrons. The smallest absolute Gasteiger partial charge is 0.0595 e. The summed E-state index contributed by atoms with van der Waals surface area (Å²) in [5.74, 6) is 0.934. The van der Waals surface area contributed by atoms with Crippen molar-refractivity contribution in [2.24, 2.45) is 11.7 Å². The molecule has 0 aromatic heterocycles. The molecule has 2 fully saturated rings. The van der Waals surface area contributed by atoms with Crippen LogP contribution in [0.25, 0.3) is 0 Å². The summed E-state index contributed by atoms with van der Waals surface area (Å²) in [6.07, 6.45) is 8.36. The number of piperidine rings is 1. The van der Waals surface area contributed by atoms with Gasteiger partial charge >= 0.3 is 0 Å². The van der Waals surface area contributed by atoms with Gasteiger partial charge in [-0.1, -0.05) is 19.3 Å². The summed E-state index contributed by atoms with van der Waals surface area (Å²) in [5.41, 5.74) is 6.29. The summed E-state index contributed by atoms with van der Waals surface area (Å²) >= 11 is 0. The zero-order chi connectivity index (χ0) is 12.3. The van der Waals surface area contributed by atoms with Crippen LogP contribution in [-0.4, -0.2) is 43.3 Å². The van der Waals surface area contributed by atoms with Crippen molar-refractivity contribution in [1.29, 1.82) is 0 Å². The van der Waals surface area contributed by atoms with E-state index in [0.29, 0.717) is 6.10 Å². The number of hydrogen-bond donors (Lipinski definition) is 1. The lowest BCUT2D eigenvalue weighted by molar-refractivity contribution is -0.00849. The molecule has 1 unspecified atom stereocenters. The molecule has 0 aromatic rings. The summed E-state index contributed by atoms with van der Waals surface area (Å²) < 4.78 is 5.44. The second-order valence-electron chi connectivity index (χ2n) is 6.12. The molecule has 0 amide bonds. The predicted octanol–water partition coefficient (Wildman–Crippen LogP) is 2.00. The quantitative estimate of drug-likeness (QED) is 0.799. The third-order valence-electron chi connectivity index (χ3n) is 4.93. The molecule has 100 valence electrons. The highest BCUT2D eigenvalue weighted by Crippen LogP contribution is 2.36. The van der Waals surface area contributed by atoms with Gasteiger partial charge in [0.25, 0.3) is 0 Å². The van der Waals surface area contributed by atoms with E-state index >= 15 is 0 Å². The van der Waals surface area contributed by atoms with Crippen LogP contribution in [0.4, 0.5) is 0 Å². The van der Waals surface area contributed by atoms with Crippen LogP contribution < -0.4 is 5.73 Å². The maximum Gasteiger partial charge on any atom is 0.0595 e. The first-order valence-corrected chi connectivity index (χ1v) is 7.16. The van der Waals surface area contributed by atoms with Gasteiger partial charge < -0.3 is 10.5 Å². The molecule has 2 rings (SSSR count). The molecule has 1 saturated heterocycles. The second kappa shape index (κ2) is 5.68. The molecule has 3 nitrogen and oxygen atoms in total. The highest BCUT2D eigenvalue weighted by atomic mass is 16.5. The van der Waals surface area contributed by atoms with E-state index in [1.54, 1.807) is 0 Å². The molecule has 2 N–H and O–H groups in total. The fraction of sp³-hybridized carbons (Fsp3) is 1.00. The average molecular weight is 240 g/mol. The number of methoxy groups -OCH3 is 1. The van der Waals surface area contributed by atoms with Crippen molar-refractivity contribution in [2.75, 3.05) is 26.7 Å². The van der Waals surface area contributed by atoms with Crippen molar-refractivity contribution >= 4 is 0 Å². The van der Waals surface area contributed by atoms with Gasteiger partial charge in [0.15, 0.2) is 0 Å². The van der Waals surface area contributed by atoms with E-state index < -0.39 is 0 Å². The van der Waals surface area contributed by atoms with E-state index in [2.05, 4.69) is 11.8 Å². The molecular weight excluding hydrogens is 212 g/mol. The Labute approximate surface area is 106 Å². The normalized spacial score (nSPS) is 27.7. The van der Waals surface area contributed by atoms with Gasteiger partial charge in [-0.2, -0.15) is 0 Å². The van der Waals surface area contributed by atoms with Crippen LogP contribution in [0.15, 0.2) is 0 Å². The Kier molecular flexibility index (Phi) is 4.45. The van der Waals surface area contributed by atoms with E-state index in [9.17, 15) is 0 Å². The van der Waals surface area contributed by atoms with Gasteiger partial charge in [-0.15, -0.1) is 0 Å². The summed E-state index contributed by atoms with van der Waals surface area (Å²) in [7, 11) is 1.83. The Morgan fingerprint density at radius 1 is 1.24 bits per heavy atom. The highest BCUT2D eigenvalue weighted by Gasteiger charge is 2.36. The monoisotopic (exact) mass is 240 g/mol. The molecule has 1 heterocycles. The van der Waals surface area contributed by atoms with Crippen LogP contribution in [0.1, 0.15) is 45.4 Å². The van der Waals surface area contributed by atoms with E-state index in [-0.39, 0.29) is 5.54 Å². The van der Waals surface area contributed by atoms with E-state index in [1.165, 1.54) is 25.7 Å². The van der Waals surface area contributed by atoms with Crippen molar-refractivity contribution in [3.8, 4) is 0 Å². The van der Waals surface area contributed by atoms with Crippen LogP contribution in [-0.2, 0) is 4.74 Å². The summed E-state index contributed by atoms with van der Waals surface area (Å²) in [6.45, 7) is 5.46. The number of ether oxygens (including phenoxy) is 1. The summed E-state index contributed by atoms with van der Waals surface area (Å²) in [6, 6.07) is 0. The molecule has 1 atom stereocenters. The van der Waals surface area contributed by atoms with Crippen LogP contribution in [0.3, 0.4) is 0 Å². The third kappa shape index (κ3) is 3.01. The standard InChI is InChI=1S/C14H28N2O/c1-14(11-15,10-12-4-3-5-12)16-8-6-13(17-2)7-9-16/h12-13H,3-11,15H2,1-2H3. The van der Waals surface area contributed by atoms with Crippen LogP contribution >= 0.6 is 0 Å². The minimum absolute atomic E-state index is 0.226. The van der Waals surface area contributed by atoms with Gasteiger partial charge in [0.1, 0.15) is 0 Å². The first kappa shape index (κ1) is 13.3. The van der Waals surface area contributed by atoms with Crippen molar-refractivity contribution in [2.45, 2.75) is 57.1 Å². The fourth-order valence-electron chi connectivity index (χ4n) is 3.29. The van der Waals surface area contributed by atoms with E-state index in [1.807, 2.05) is 7.11 Å². The second-order valence-corrected chi connectivity index (χ2v) is 6.12. The molecule has 17 heavy (non-hydrogen) atoms. The Morgan fingerprint density at radius 3 is 2.29 bits per heavy atom. The number of nitrogens with zero attached hydrogens (tertiary/aromatic N) is 1. The Morgan fingerprint density at radius 2 is 1.88 bits per heavy atom. The van der Waals surface area contributed by atoms with Gasteiger partial charge in [0.2, 0.25) is 0 Å². The number of hydrogen-bond acceptors (Lipinski definition) is 3. The number of rotatable bonds is 5. The maximum atomic E-state index is 6.06. The molecule has 1 aliphatic heterocycles. The predicted molar refractivity (Wildman–Crippen MR) is 71.0 cm³/mol. The molecule has 0 spiro atoms. The SMILES string of the molecule is COC1CCN(C(C)(CN)CC2CCC2)CC1. The molecule has 1 saturated carbocycles. The molecular formula is C14H28N2O. The Hall–Kier alpha value is -0.120. The minimum Gasteiger partial charge on any atom is -0.381 e. The van der Waals surface area contributed by atoms with Crippen LogP contribution in [0, 0.1) is 5.92 Å². The largest absolute Gasteiger partial charge is 0.381 e. The fourth-order valence-corrected chi connectivity index (χ4v) is 3.29. The Bertz CT molecular complexity index is 234. The topological polar surface area (TPSA) is 38.5 Å². The summed E-state index contributed by atoms with van der Waals surface area (Å²) in [5, 5.41) is 0. The van der Waals surface area contributed by atoms with Crippen molar-refractivity contribution in [1.82, 2.24) is 4.90 Å². The first-order valence-electron chi connectivity index (χ1n) is 7.16. The van der Waals surface area contributed by atoms with E-state index in [0.717, 1.165) is 38.4 Å². The number of likely N-dealkylation sites (tertiary alicyclic amines) is 1. The zero-order valence-electron chi connectivity index (χ0n) is 11.5. The molecule has 3 heteroatoms. The lowest BCUT2D eigenvalue weighted by Crippen LogP contribution is -2.56. The Balaban J connectivity index is 1.88. The van der Waals surface area contributed by atoms with Gasteiger partial charge in [0.05, 0.1) is 6.10 Å². The molecule has 0 bridgehead atoms. The van der Waals surface area contributed by atoms with Crippen molar-refractivity contribution in [3.05, 3.63) is 0 Å². The molecule has 2 aliphatic rings. The lowest BCUT2D eigenvalue weighted by Gasteiger charge is -2.47. The zero-order valence-corrected chi connectivity index (χ0v) is 11.5. The van der Waals surface area contributed by atoms with Gasteiger partial charge in [-0.3, -0.25) is 4.90 Å². The van der Waals surface area contributed by atoms with Crippen molar-refractivity contribution in [3.63, 3.8) is 0 Å². The first-order chi connectivity index (χ1) is 8.18. The number of nitrogens with two attached hydrogens (primary N) is 1. The van der Waals surface area contributed by atoms with E-state index in [4.69, 9.17) is 10.5 Å². The van der Waals surface area contributed by atoms with Crippen LogP contribution in [0.5, 0.6) is 0 Å². The molecule has 1 aliphatic carbocycles. The third-order valence-corrected chi connectivity index (χ3v) is 4.93. The van der Waals surface area contributed by atoms with Crippen molar-refractivity contribution < 1.29 is 4.74 Å². The van der Waals surface area contributed by atoms with Gasteiger partial charge in [-0.05, 0) is 32.1 Å². The lowest BCUT2D eigenvalue weighted by atomic mass is 9.75. The minimum atomic E-state index is 0.226. The van der Waals surface area contributed by atoms with Crippen LogP contribution in [0.2, 0.25) is 0 Å². The summed E-state index contributed by atoms with van der Waals surface area (Å²) in [4.78, 5) is 2.61. The van der Waals surface area contributed by atoms with Gasteiger partial charge in [-0.25, -0.2) is 0 Å².